The lowest BCUT2D eigenvalue weighted by Crippen LogP contribution is -2.35. The molecule has 0 amide bonds. The molecule has 0 fully saturated rings. The molecule has 0 aliphatic heterocycles. The highest BCUT2D eigenvalue weighted by Crippen LogP contribution is 2.04. The van der Waals surface area contributed by atoms with Crippen LogP contribution in [0, 0.1) is 0 Å². The Morgan fingerprint density at radius 3 is 2.41 bits per heavy atom. The maximum Gasteiger partial charge on any atom is 0.335 e. The van der Waals surface area contributed by atoms with E-state index in [1.807, 2.05) is 26.2 Å². The molecule has 1 aromatic rings. The number of carbonyl (C=O) groups is 1. The summed E-state index contributed by atoms with van der Waals surface area (Å²) in [6, 6.07) is 7.44. The monoisotopic (exact) mass is 236 g/mol. The van der Waals surface area contributed by atoms with Gasteiger partial charge in [0.05, 0.1) is 5.56 Å². The van der Waals surface area contributed by atoms with Gasteiger partial charge in [0.1, 0.15) is 0 Å². The Kier molecular flexibility index (Phi) is 5.12. The van der Waals surface area contributed by atoms with Crippen molar-refractivity contribution in [1.82, 2.24) is 10.2 Å². The Bertz CT molecular complexity index is 360. The van der Waals surface area contributed by atoms with Crippen molar-refractivity contribution < 1.29 is 9.90 Å². The van der Waals surface area contributed by atoms with Gasteiger partial charge in [-0.15, -0.1) is 0 Å². The summed E-state index contributed by atoms with van der Waals surface area (Å²) in [5.74, 6) is -0.884. The van der Waals surface area contributed by atoms with Crippen LogP contribution in [0.1, 0.15) is 22.8 Å². The Morgan fingerprint density at radius 1 is 1.35 bits per heavy atom. The van der Waals surface area contributed by atoms with Gasteiger partial charge in [0, 0.05) is 19.1 Å². The minimum atomic E-state index is -0.884. The third-order valence-corrected chi connectivity index (χ3v) is 2.85. The predicted octanol–water partition coefficient (Wildman–Crippen LogP) is 1.42. The molecule has 0 aliphatic carbocycles. The minimum Gasteiger partial charge on any atom is -0.478 e. The second-order valence-corrected chi connectivity index (χ2v) is 4.45. The quantitative estimate of drug-likeness (QED) is 0.784. The summed E-state index contributed by atoms with van der Waals surface area (Å²) < 4.78 is 0. The molecule has 1 rings (SSSR count). The molecular weight excluding hydrogens is 216 g/mol. The molecule has 0 spiro atoms. The van der Waals surface area contributed by atoms with Crippen LogP contribution in [0.25, 0.3) is 0 Å². The number of carboxylic acid groups (broad SMARTS) is 1. The topological polar surface area (TPSA) is 52.6 Å². The van der Waals surface area contributed by atoms with Crippen LogP contribution in [-0.2, 0) is 6.54 Å². The second-order valence-electron chi connectivity index (χ2n) is 4.45. The Morgan fingerprint density at radius 2 is 1.94 bits per heavy atom. The van der Waals surface area contributed by atoms with Crippen LogP contribution < -0.4 is 5.32 Å². The second kappa shape index (κ2) is 6.37. The van der Waals surface area contributed by atoms with Crippen LogP contribution in [0.4, 0.5) is 0 Å². The first-order valence-electron chi connectivity index (χ1n) is 5.70. The number of rotatable bonds is 6. The van der Waals surface area contributed by atoms with Crippen molar-refractivity contribution in [3.8, 4) is 0 Å². The summed E-state index contributed by atoms with van der Waals surface area (Å²) in [5.41, 5.74) is 1.43. The number of likely N-dealkylation sites (N-methyl/N-ethyl adjacent to an activating group) is 1. The highest BCUT2D eigenvalue weighted by atomic mass is 16.4. The van der Waals surface area contributed by atoms with E-state index in [0.717, 1.165) is 18.7 Å². The molecule has 4 heteroatoms. The lowest BCUT2D eigenvalue weighted by atomic mass is 10.1. The molecule has 0 saturated carbocycles. The average molecular weight is 236 g/mol. The first-order chi connectivity index (χ1) is 8.00. The molecule has 2 N–H and O–H groups in total. The number of nitrogens with one attached hydrogen (secondary N) is 1. The van der Waals surface area contributed by atoms with Gasteiger partial charge in [0.25, 0.3) is 0 Å². The summed E-state index contributed by atoms with van der Waals surface area (Å²) in [6.07, 6.45) is 0. The SMILES string of the molecule is CC(CNCc1ccc(C(=O)O)cc1)N(C)C. The molecular formula is C13H20N2O2. The number of benzene rings is 1. The number of carboxylic acids is 1. The van der Waals surface area contributed by atoms with Crippen LogP contribution in [0.2, 0.25) is 0 Å². The summed E-state index contributed by atoms with van der Waals surface area (Å²) in [7, 11) is 4.10. The smallest absolute Gasteiger partial charge is 0.335 e. The zero-order chi connectivity index (χ0) is 12.8. The van der Waals surface area contributed by atoms with Crippen molar-refractivity contribution in [1.29, 1.82) is 0 Å². The molecule has 17 heavy (non-hydrogen) atoms. The van der Waals surface area contributed by atoms with E-state index in [-0.39, 0.29) is 0 Å². The van der Waals surface area contributed by atoms with Crippen molar-refractivity contribution in [2.24, 2.45) is 0 Å². The molecule has 0 bridgehead atoms. The third kappa shape index (κ3) is 4.54. The maximum atomic E-state index is 10.7. The van der Waals surface area contributed by atoms with Crippen molar-refractivity contribution in [2.75, 3.05) is 20.6 Å². The van der Waals surface area contributed by atoms with E-state index in [1.165, 1.54) is 0 Å². The lowest BCUT2D eigenvalue weighted by molar-refractivity contribution is 0.0697. The number of aromatic carboxylic acids is 1. The van der Waals surface area contributed by atoms with Crippen molar-refractivity contribution in [3.63, 3.8) is 0 Å². The molecule has 1 atom stereocenters. The first-order valence-corrected chi connectivity index (χ1v) is 5.70. The van der Waals surface area contributed by atoms with Gasteiger partial charge in [-0.2, -0.15) is 0 Å². The Balaban J connectivity index is 2.40. The molecule has 0 heterocycles. The summed E-state index contributed by atoms with van der Waals surface area (Å²) in [4.78, 5) is 12.8. The maximum absolute atomic E-state index is 10.7. The zero-order valence-electron chi connectivity index (χ0n) is 10.6. The normalized spacial score (nSPS) is 12.7. The van der Waals surface area contributed by atoms with E-state index in [0.29, 0.717) is 11.6 Å². The van der Waals surface area contributed by atoms with Crippen molar-refractivity contribution in [3.05, 3.63) is 35.4 Å². The zero-order valence-corrected chi connectivity index (χ0v) is 10.6. The largest absolute Gasteiger partial charge is 0.478 e. The van der Waals surface area contributed by atoms with Crippen LogP contribution in [0.15, 0.2) is 24.3 Å². The highest BCUT2D eigenvalue weighted by molar-refractivity contribution is 5.87. The number of nitrogens with zero attached hydrogens (tertiary/aromatic N) is 1. The summed E-state index contributed by atoms with van der Waals surface area (Å²) >= 11 is 0. The third-order valence-electron chi connectivity index (χ3n) is 2.85. The van der Waals surface area contributed by atoms with E-state index in [2.05, 4.69) is 17.1 Å². The van der Waals surface area contributed by atoms with Crippen molar-refractivity contribution >= 4 is 5.97 Å². The predicted molar refractivity (Wildman–Crippen MR) is 68.3 cm³/mol. The molecule has 0 radical (unpaired) electrons. The van der Waals surface area contributed by atoms with Gasteiger partial charge in [-0.3, -0.25) is 0 Å². The molecule has 1 unspecified atom stereocenters. The number of hydrogen-bond donors (Lipinski definition) is 2. The first kappa shape index (κ1) is 13.7. The van der Waals surface area contributed by atoms with Gasteiger partial charge in [-0.1, -0.05) is 12.1 Å². The fraction of sp³-hybridized carbons (Fsp3) is 0.462. The van der Waals surface area contributed by atoms with Crippen LogP contribution in [-0.4, -0.2) is 42.7 Å². The van der Waals surface area contributed by atoms with Gasteiger partial charge in [-0.25, -0.2) is 4.79 Å². The van der Waals surface area contributed by atoms with E-state index in [9.17, 15) is 4.79 Å². The molecule has 0 aliphatic rings. The standard InChI is InChI=1S/C13H20N2O2/c1-10(15(2)3)8-14-9-11-4-6-12(7-5-11)13(16)17/h4-7,10,14H,8-9H2,1-3H3,(H,16,17). The van der Waals surface area contributed by atoms with Crippen LogP contribution in [0.3, 0.4) is 0 Å². The van der Waals surface area contributed by atoms with Gasteiger partial charge >= 0.3 is 5.97 Å². The summed E-state index contributed by atoms with van der Waals surface area (Å²) in [5, 5.41) is 12.1. The molecule has 94 valence electrons. The van der Waals surface area contributed by atoms with E-state index < -0.39 is 5.97 Å². The van der Waals surface area contributed by atoms with Gasteiger partial charge in [0.15, 0.2) is 0 Å². The van der Waals surface area contributed by atoms with E-state index in [4.69, 9.17) is 5.11 Å². The lowest BCUT2D eigenvalue weighted by Gasteiger charge is -2.20. The minimum absolute atomic E-state index is 0.329. The van der Waals surface area contributed by atoms with Crippen LogP contribution in [0.5, 0.6) is 0 Å². The van der Waals surface area contributed by atoms with E-state index >= 15 is 0 Å². The summed E-state index contributed by atoms with van der Waals surface area (Å²) in [6.45, 7) is 3.83. The van der Waals surface area contributed by atoms with Crippen molar-refractivity contribution in [2.45, 2.75) is 19.5 Å². The van der Waals surface area contributed by atoms with Gasteiger partial charge in [-0.05, 0) is 38.7 Å². The fourth-order valence-corrected chi connectivity index (χ4v) is 1.37. The fourth-order valence-electron chi connectivity index (χ4n) is 1.37. The Labute approximate surface area is 102 Å². The van der Waals surface area contributed by atoms with E-state index in [1.54, 1.807) is 12.1 Å². The average Bonchev–Trinajstić information content (AvgIpc) is 2.29. The highest BCUT2D eigenvalue weighted by Gasteiger charge is 2.04. The van der Waals surface area contributed by atoms with Gasteiger partial charge < -0.3 is 15.3 Å². The van der Waals surface area contributed by atoms with Gasteiger partial charge in [0.2, 0.25) is 0 Å². The molecule has 4 nitrogen and oxygen atoms in total. The Hall–Kier alpha value is -1.39. The molecule has 0 saturated heterocycles. The number of hydrogen-bond acceptors (Lipinski definition) is 3. The van der Waals surface area contributed by atoms with Crippen LogP contribution >= 0.6 is 0 Å². The molecule has 0 aromatic heterocycles. The molecule has 1 aromatic carbocycles.